The lowest BCUT2D eigenvalue weighted by Gasteiger charge is -2.12. The minimum absolute atomic E-state index is 0.0232. The Morgan fingerprint density at radius 1 is 1.06 bits per heavy atom. The molecular formula is C14H21FO. The lowest BCUT2D eigenvalue weighted by molar-refractivity contribution is -0.123. The summed E-state index contributed by atoms with van der Waals surface area (Å²) in [5.74, 6) is -0.194. The van der Waals surface area contributed by atoms with Crippen LogP contribution in [0.2, 0.25) is 0 Å². The summed E-state index contributed by atoms with van der Waals surface area (Å²) in [7, 11) is 0. The van der Waals surface area contributed by atoms with Crippen LogP contribution < -0.4 is 0 Å². The van der Waals surface area contributed by atoms with Gasteiger partial charge in [-0.1, -0.05) is 46.8 Å². The van der Waals surface area contributed by atoms with Crippen molar-refractivity contribution in [3.05, 3.63) is 35.6 Å². The van der Waals surface area contributed by atoms with Crippen LogP contribution in [-0.2, 0) is 4.79 Å². The van der Waals surface area contributed by atoms with Gasteiger partial charge < -0.3 is 0 Å². The van der Waals surface area contributed by atoms with Gasteiger partial charge in [-0.2, -0.15) is 0 Å². The molecule has 0 fully saturated rings. The van der Waals surface area contributed by atoms with E-state index in [9.17, 15) is 9.18 Å². The molecule has 0 aliphatic rings. The normalized spacial score (nSPS) is 11.7. The van der Waals surface area contributed by atoms with Crippen LogP contribution in [0.3, 0.4) is 0 Å². The van der Waals surface area contributed by atoms with E-state index in [0.29, 0.717) is 0 Å². The second-order valence-electron chi connectivity index (χ2n) is 3.83. The molecule has 1 nitrogen and oxygen atoms in total. The summed E-state index contributed by atoms with van der Waals surface area (Å²) in [5, 5.41) is 0. The second kappa shape index (κ2) is 7.15. The number of halogens is 1. The van der Waals surface area contributed by atoms with Crippen molar-refractivity contribution in [2.24, 2.45) is 5.92 Å². The largest absolute Gasteiger partial charge is 0.299 e. The lowest BCUT2D eigenvalue weighted by Crippen LogP contribution is -2.15. The Morgan fingerprint density at radius 3 is 1.88 bits per heavy atom. The summed E-state index contributed by atoms with van der Waals surface area (Å²) >= 11 is 0. The fraction of sp³-hybridized carbons (Fsp3) is 0.500. The molecule has 0 bridgehead atoms. The van der Waals surface area contributed by atoms with E-state index in [1.54, 1.807) is 12.1 Å². The first-order valence-electron chi connectivity index (χ1n) is 5.81. The number of hydrogen-bond donors (Lipinski definition) is 0. The van der Waals surface area contributed by atoms with Crippen LogP contribution in [0.5, 0.6) is 0 Å². The van der Waals surface area contributed by atoms with Crippen LogP contribution in [0.1, 0.15) is 46.1 Å². The zero-order valence-corrected chi connectivity index (χ0v) is 10.8. The molecule has 16 heavy (non-hydrogen) atoms. The predicted molar refractivity (Wildman–Crippen MR) is 66.0 cm³/mol. The molecule has 90 valence electrons. The monoisotopic (exact) mass is 224 g/mol. The SMILES string of the molecule is CC.CC(C)C(=O)C(C)c1ccc(F)cc1. The number of ketones is 1. The quantitative estimate of drug-likeness (QED) is 0.752. The molecule has 0 radical (unpaired) electrons. The van der Waals surface area contributed by atoms with Gasteiger partial charge in [-0.05, 0) is 17.7 Å². The Hall–Kier alpha value is -1.18. The third kappa shape index (κ3) is 4.13. The zero-order valence-electron chi connectivity index (χ0n) is 10.8. The molecule has 0 saturated heterocycles. The highest BCUT2D eigenvalue weighted by atomic mass is 19.1. The molecule has 1 unspecified atom stereocenters. The maximum absolute atomic E-state index is 12.6. The van der Waals surface area contributed by atoms with E-state index in [0.717, 1.165) is 5.56 Å². The first-order valence-corrected chi connectivity index (χ1v) is 5.81. The van der Waals surface area contributed by atoms with Gasteiger partial charge in [0.15, 0.2) is 0 Å². The topological polar surface area (TPSA) is 17.1 Å². The van der Waals surface area contributed by atoms with Gasteiger partial charge in [0.1, 0.15) is 11.6 Å². The molecule has 2 heteroatoms. The van der Waals surface area contributed by atoms with Crippen LogP contribution in [-0.4, -0.2) is 5.78 Å². The number of Topliss-reactive ketones (excluding diaryl/α,β-unsaturated/α-hetero) is 1. The van der Waals surface area contributed by atoms with Crippen LogP contribution in [0.15, 0.2) is 24.3 Å². The van der Waals surface area contributed by atoms with Crippen molar-refractivity contribution in [3.63, 3.8) is 0 Å². The number of carbonyl (C=O) groups excluding carboxylic acids is 1. The molecule has 0 heterocycles. The van der Waals surface area contributed by atoms with Crippen molar-refractivity contribution in [1.29, 1.82) is 0 Å². The molecule has 0 N–H and O–H groups in total. The maximum atomic E-state index is 12.6. The molecule has 1 rings (SSSR count). The predicted octanol–water partition coefficient (Wildman–Crippen LogP) is 4.18. The number of carbonyl (C=O) groups is 1. The maximum Gasteiger partial charge on any atom is 0.142 e. The standard InChI is InChI=1S/C12H15FO.C2H6/c1-8(2)12(14)9(3)10-4-6-11(13)7-5-10;1-2/h4-9H,1-3H3;1-2H3. The minimum atomic E-state index is -0.266. The number of rotatable bonds is 3. The average molecular weight is 224 g/mol. The fourth-order valence-corrected chi connectivity index (χ4v) is 1.42. The summed E-state index contributed by atoms with van der Waals surface area (Å²) in [4.78, 5) is 11.6. The Labute approximate surface area is 97.7 Å². The third-order valence-corrected chi connectivity index (χ3v) is 2.37. The molecular weight excluding hydrogens is 203 g/mol. The molecule has 1 aromatic carbocycles. The highest BCUT2D eigenvalue weighted by molar-refractivity contribution is 5.86. The first kappa shape index (κ1) is 14.8. The molecule has 0 aromatic heterocycles. The molecule has 1 aromatic rings. The van der Waals surface area contributed by atoms with Crippen molar-refractivity contribution in [2.45, 2.75) is 40.5 Å². The zero-order chi connectivity index (χ0) is 12.7. The van der Waals surface area contributed by atoms with Gasteiger partial charge in [0.25, 0.3) is 0 Å². The second-order valence-corrected chi connectivity index (χ2v) is 3.83. The summed E-state index contributed by atoms with van der Waals surface area (Å²) in [6.07, 6.45) is 0. The van der Waals surface area contributed by atoms with E-state index >= 15 is 0 Å². The summed E-state index contributed by atoms with van der Waals surface area (Å²) in [5.41, 5.74) is 0.880. The van der Waals surface area contributed by atoms with Gasteiger partial charge in [0, 0.05) is 11.8 Å². The molecule has 0 spiro atoms. The van der Waals surface area contributed by atoms with Gasteiger partial charge in [-0.15, -0.1) is 0 Å². The third-order valence-electron chi connectivity index (χ3n) is 2.37. The molecule has 0 aliphatic carbocycles. The smallest absolute Gasteiger partial charge is 0.142 e. The highest BCUT2D eigenvalue weighted by Crippen LogP contribution is 2.19. The Balaban J connectivity index is 0.00000106. The van der Waals surface area contributed by atoms with E-state index in [-0.39, 0.29) is 23.4 Å². The average Bonchev–Trinajstić information content (AvgIpc) is 2.30. The van der Waals surface area contributed by atoms with E-state index < -0.39 is 0 Å². The van der Waals surface area contributed by atoms with E-state index in [1.165, 1.54) is 12.1 Å². The van der Waals surface area contributed by atoms with Crippen LogP contribution in [0.4, 0.5) is 4.39 Å². The minimum Gasteiger partial charge on any atom is -0.299 e. The van der Waals surface area contributed by atoms with Crippen LogP contribution in [0.25, 0.3) is 0 Å². The van der Waals surface area contributed by atoms with Crippen molar-refractivity contribution in [3.8, 4) is 0 Å². The molecule has 0 saturated carbocycles. The molecule has 0 amide bonds. The van der Waals surface area contributed by atoms with E-state index in [1.807, 2.05) is 34.6 Å². The Bertz CT molecular complexity index is 314. The van der Waals surface area contributed by atoms with Crippen LogP contribution in [0, 0.1) is 11.7 Å². The number of benzene rings is 1. The fourth-order valence-electron chi connectivity index (χ4n) is 1.42. The van der Waals surface area contributed by atoms with Crippen molar-refractivity contribution in [1.82, 2.24) is 0 Å². The van der Waals surface area contributed by atoms with E-state index in [4.69, 9.17) is 0 Å². The number of hydrogen-bond acceptors (Lipinski definition) is 1. The lowest BCUT2D eigenvalue weighted by atomic mass is 9.91. The van der Waals surface area contributed by atoms with Crippen molar-refractivity contribution >= 4 is 5.78 Å². The van der Waals surface area contributed by atoms with E-state index in [2.05, 4.69) is 0 Å². The van der Waals surface area contributed by atoms with Gasteiger partial charge in [0.05, 0.1) is 0 Å². The first-order chi connectivity index (χ1) is 7.52. The van der Waals surface area contributed by atoms with Crippen LogP contribution >= 0.6 is 0 Å². The van der Waals surface area contributed by atoms with Crippen molar-refractivity contribution in [2.75, 3.05) is 0 Å². The Kier molecular flexibility index (Phi) is 6.63. The van der Waals surface area contributed by atoms with Gasteiger partial charge in [0.2, 0.25) is 0 Å². The molecule has 0 aliphatic heterocycles. The highest BCUT2D eigenvalue weighted by Gasteiger charge is 2.17. The Morgan fingerprint density at radius 2 is 1.50 bits per heavy atom. The molecule has 1 atom stereocenters. The van der Waals surface area contributed by atoms with Gasteiger partial charge >= 0.3 is 0 Å². The summed E-state index contributed by atoms with van der Waals surface area (Å²) in [6.45, 7) is 9.61. The van der Waals surface area contributed by atoms with Gasteiger partial charge in [-0.3, -0.25) is 4.79 Å². The summed E-state index contributed by atoms with van der Waals surface area (Å²) in [6, 6.07) is 6.11. The van der Waals surface area contributed by atoms with Crippen molar-refractivity contribution < 1.29 is 9.18 Å². The van der Waals surface area contributed by atoms with Gasteiger partial charge in [-0.25, -0.2) is 4.39 Å². The summed E-state index contributed by atoms with van der Waals surface area (Å²) < 4.78 is 12.6.